The van der Waals surface area contributed by atoms with Gasteiger partial charge in [0.2, 0.25) is 0 Å². The molecule has 2 unspecified atom stereocenters. The van der Waals surface area contributed by atoms with Crippen LogP contribution in [0.5, 0.6) is 0 Å². The number of allylic oxidation sites excluding steroid dienone is 10. The van der Waals surface area contributed by atoms with Gasteiger partial charge in [0.15, 0.2) is 0 Å². The number of rotatable bonds is 16. The molecule has 0 aliphatic rings. The molecule has 0 aliphatic carbocycles. The minimum absolute atomic E-state index is 0.160. The third-order valence-corrected chi connectivity index (χ3v) is 10.3. The summed E-state index contributed by atoms with van der Waals surface area (Å²) in [5, 5.41) is 2.98. The molecule has 2 rings (SSSR count). The first-order chi connectivity index (χ1) is 17.8. The van der Waals surface area contributed by atoms with Gasteiger partial charge in [-0.2, -0.15) is 0 Å². The normalized spacial score (nSPS) is 12.9. The Morgan fingerprint density at radius 2 is 1.14 bits per heavy atom. The third-order valence-electron chi connectivity index (χ3n) is 5.27. The molecule has 2 aromatic carbocycles. The molecule has 0 aromatic heterocycles. The van der Waals surface area contributed by atoms with E-state index >= 15 is 0 Å². The van der Waals surface area contributed by atoms with Crippen LogP contribution in [0.4, 0.5) is 0 Å². The van der Waals surface area contributed by atoms with Crippen LogP contribution >= 0.6 is 15.8 Å². The maximum atomic E-state index is 10.3. The van der Waals surface area contributed by atoms with Gasteiger partial charge in [0.1, 0.15) is 5.94 Å². The summed E-state index contributed by atoms with van der Waals surface area (Å²) in [4.78, 5) is 10.3. The molecule has 0 saturated carbocycles. The maximum absolute atomic E-state index is 10.3. The van der Waals surface area contributed by atoms with Gasteiger partial charge < -0.3 is 0 Å². The van der Waals surface area contributed by atoms with Gasteiger partial charge in [0, 0.05) is 6.08 Å². The standard InChI is InChI=1S/C31H36OP2.C2H6/c1-2-3-4-7-17-26-33(30-21-12-9-13-22-30)28-19-11-20-29-34(31-23-14-10-15-24-31)27-18-8-5-6-16-25-32;1-2/h2-10,12-18,21-24H,1,11,19-20,26-29H2;1-2H3/b4-3-,6-5-,17-7-,18-8-;. The number of unbranched alkanes of at least 4 members (excludes halogenated alkanes) is 2. The van der Waals surface area contributed by atoms with Gasteiger partial charge in [-0.05, 0) is 48.1 Å². The first-order valence-corrected chi connectivity index (χ1v) is 16.3. The van der Waals surface area contributed by atoms with Gasteiger partial charge in [0.05, 0.1) is 0 Å². The van der Waals surface area contributed by atoms with E-state index < -0.39 is 0 Å². The molecule has 190 valence electrons. The monoisotopic (exact) mass is 516 g/mol. The van der Waals surface area contributed by atoms with Gasteiger partial charge >= 0.3 is 0 Å². The lowest BCUT2D eigenvalue weighted by molar-refractivity contribution is 0.569. The van der Waals surface area contributed by atoms with E-state index in [4.69, 9.17) is 0 Å². The fourth-order valence-corrected chi connectivity index (χ4v) is 8.00. The molecular formula is C33H42OP2. The van der Waals surface area contributed by atoms with E-state index in [9.17, 15) is 4.79 Å². The van der Waals surface area contributed by atoms with Crippen LogP contribution in [-0.4, -0.2) is 30.6 Å². The van der Waals surface area contributed by atoms with Crippen molar-refractivity contribution in [2.45, 2.75) is 33.1 Å². The Morgan fingerprint density at radius 1 is 0.667 bits per heavy atom. The Balaban J connectivity index is 0.00000316. The molecule has 0 N–H and O–H groups in total. The second-order valence-electron chi connectivity index (χ2n) is 7.77. The van der Waals surface area contributed by atoms with Crippen molar-refractivity contribution in [1.29, 1.82) is 0 Å². The van der Waals surface area contributed by atoms with Gasteiger partial charge in [-0.15, -0.1) is 0 Å². The fraction of sp³-hybridized carbons (Fsp3) is 0.273. The van der Waals surface area contributed by atoms with Crippen molar-refractivity contribution >= 4 is 32.4 Å². The highest BCUT2D eigenvalue weighted by Gasteiger charge is 2.11. The van der Waals surface area contributed by atoms with E-state index in [2.05, 4.69) is 91.5 Å². The van der Waals surface area contributed by atoms with E-state index in [-0.39, 0.29) is 15.8 Å². The Hall–Kier alpha value is -2.55. The number of hydrogen-bond acceptors (Lipinski definition) is 1. The van der Waals surface area contributed by atoms with E-state index in [0.29, 0.717) is 0 Å². The first-order valence-electron chi connectivity index (χ1n) is 12.9. The molecule has 2 aromatic rings. The van der Waals surface area contributed by atoms with E-state index in [1.165, 1.54) is 48.3 Å². The van der Waals surface area contributed by atoms with Gasteiger partial charge in [-0.25, -0.2) is 4.79 Å². The summed E-state index contributed by atoms with van der Waals surface area (Å²) in [5.74, 6) is 1.77. The summed E-state index contributed by atoms with van der Waals surface area (Å²) < 4.78 is 0. The molecule has 0 amide bonds. The lowest BCUT2D eigenvalue weighted by Gasteiger charge is -2.18. The molecule has 3 heteroatoms. The quantitative estimate of drug-likeness (QED) is 0.0945. The van der Waals surface area contributed by atoms with Crippen molar-refractivity contribution in [3.63, 3.8) is 0 Å². The van der Waals surface area contributed by atoms with E-state index in [1.54, 1.807) is 12.0 Å². The molecule has 0 heterocycles. The van der Waals surface area contributed by atoms with Crippen molar-refractivity contribution in [3.8, 4) is 0 Å². The molecule has 2 atom stereocenters. The van der Waals surface area contributed by atoms with E-state index in [0.717, 1.165) is 12.3 Å². The third kappa shape index (κ3) is 14.8. The van der Waals surface area contributed by atoms with Crippen LogP contribution in [0.2, 0.25) is 0 Å². The van der Waals surface area contributed by atoms with Crippen LogP contribution in [0.25, 0.3) is 0 Å². The molecule has 0 aliphatic heterocycles. The zero-order valence-electron chi connectivity index (χ0n) is 22.0. The van der Waals surface area contributed by atoms with Crippen LogP contribution < -0.4 is 10.6 Å². The van der Waals surface area contributed by atoms with Gasteiger partial charge in [-0.1, -0.05) is 158 Å². The molecule has 0 radical (unpaired) electrons. The molecular weight excluding hydrogens is 474 g/mol. The molecule has 0 saturated heterocycles. The zero-order chi connectivity index (χ0) is 26.1. The van der Waals surface area contributed by atoms with Crippen LogP contribution in [0.15, 0.2) is 128 Å². The lowest BCUT2D eigenvalue weighted by Crippen LogP contribution is -2.06. The van der Waals surface area contributed by atoms with Crippen LogP contribution in [0.1, 0.15) is 33.1 Å². The molecule has 0 fully saturated rings. The second kappa shape index (κ2) is 22.9. The van der Waals surface area contributed by atoms with Gasteiger partial charge in [-0.3, -0.25) is 0 Å². The Kier molecular flexibility index (Phi) is 20.0. The van der Waals surface area contributed by atoms with Crippen molar-refractivity contribution in [2.75, 3.05) is 24.6 Å². The van der Waals surface area contributed by atoms with Crippen molar-refractivity contribution < 1.29 is 4.79 Å². The molecule has 0 bridgehead atoms. The predicted octanol–water partition coefficient (Wildman–Crippen LogP) is 8.60. The highest BCUT2D eigenvalue weighted by molar-refractivity contribution is 7.66. The van der Waals surface area contributed by atoms with Crippen LogP contribution in [0, 0.1) is 0 Å². The maximum Gasteiger partial charge on any atom is 0.124 e. The van der Waals surface area contributed by atoms with Gasteiger partial charge in [0.25, 0.3) is 0 Å². The van der Waals surface area contributed by atoms with Crippen molar-refractivity contribution in [2.24, 2.45) is 0 Å². The minimum atomic E-state index is -0.201. The largest absolute Gasteiger partial charge is 0.234 e. The highest BCUT2D eigenvalue weighted by atomic mass is 31.1. The Bertz CT molecular complexity index is 967. The van der Waals surface area contributed by atoms with Crippen LogP contribution in [0.3, 0.4) is 0 Å². The average Bonchev–Trinajstić information content (AvgIpc) is 2.94. The summed E-state index contributed by atoms with van der Waals surface area (Å²) >= 11 is 0. The SMILES string of the molecule is C=C/C=C\C=C/CP(CCCCCP(C/C=C\C=C/C=C=O)c1ccccc1)c1ccccc1.CC. The summed E-state index contributed by atoms with van der Waals surface area (Å²) in [6, 6.07) is 21.9. The van der Waals surface area contributed by atoms with E-state index in [1.807, 2.05) is 38.2 Å². The Morgan fingerprint density at radius 3 is 1.58 bits per heavy atom. The smallest absolute Gasteiger partial charge is 0.124 e. The summed E-state index contributed by atoms with van der Waals surface area (Å²) in [7, 11) is -0.361. The van der Waals surface area contributed by atoms with Crippen molar-refractivity contribution in [3.05, 3.63) is 128 Å². The molecule has 36 heavy (non-hydrogen) atoms. The van der Waals surface area contributed by atoms with Crippen molar-refractivity contribution in [1.82, 2.24) is 0 Å². The second-order valence-corrected chi connectivity index (χ2v) is 12.6. The molecule has 0 spiro atoms. The summed E-state index contributed by atoms with van der Waals surface area (Å²) in [5.41, 5.74) is 0. The number of benzene rings is 2. The predicted molar refractivity (Wildman–Crippen MR) is 168 cm³/mol. The average molecular weight is 517 g/mol. The fourth-order valence-electron chi connectivity index (χ4n) is 3.55. The minimum Gasteiger partial charge on any atom is -0.234 e. The first kappa shape index (κ1) is 31.5. The molecule has 1 nitrogen and oxygen atoms in total. The number of hydrogen-bond donors (Lipinski definition) is 0. The number of carbonyl (C=O) groups excluding carboxylic acids is 1. The lowest BCUT2D eigenvalue weighted by atomic mass is 10.3. The van der Waals surface area contributed by atoms with Crippen LogP contribution in [-0.2, 0) is 4.79 Å². The Labute approximate surface area is 222 Å². The topological polar surface area (TPSA) is 17.1 Å². The summed E-state index contributed by atoms with van der Waals surface area (Å²) in [6.07, 6.45) is 28.2. The summed E-state index contributed by atoms with van der Waals surface area (Å²) in [6.45, 7) is 7.73. The highest BCUT2D eigenvalue weighted by Crippen LogP contribution is 2.38. The zero-order valence-corrected chi connectivity index (χ0v) is 23.8.